The summed E-state index contributed by atoms with van der Waals surface area (Å²) < 4.78 is 2.06. The minimum atomic E-state index is 0.474. The Morgan fingerprint density at radius 3 is 2.47 bits per heavy atom. The van der Waals surface area contributed by atoms with Crippen molar-refractivity contribution in [3.8, 4) is 11.3 Å². The molecule has 2 rings (SSSR count). The van der Waals surface area contributed by atoms with E-state index in [1.165, 1.54) is 16.7 Å². The normalized spacial score (nSPS) is 10.9. The second-order valence-electron chi connectivity index (χ2n) is 4.54. The smallest absolute Gasteiger partial charge is 0.123 e. The fraction of sp³-hybridized carbons (Fsp3) is 0.357. The predicted octanol–water partition coefficient (Wildman–Crippen LogP) is 2.47. The summed E-state index contributed by atoms with van der Waals surface area (Å²) >= 11 is 0. The maximum Gasteiger partial charge on any atom is 0.123 e. The zero-order valence-corrected chi connectivity index (χ0v) is 10.9. The summed E-state index contributed by atoms with van der Waals surface area (Å²) in [7, 11) is 2.01. The van der Waals surface area contributed by atoms with Gasteiger partial charge in [0, 0.05) is 18.3 Å². The molecule has 0 spiro atoms. The number of rotatable bonds is 2. The van der Waals surface area contributed by atoms with Gasteiger partial charge in [-0.1, -0.05) is 23.8 Å². The highest BCUT2D eigenvalue weighted by Gasteiger charge is 2.13. The fourth-order valence-corrected chi connectivity index (χ4v) is 2.15. The zero-order chi connectivity index (χ0) is 12.6. The molecule has 1 heterocycles. The minimum Gasteiger partial charge on any atom is -0.334 e. The van der Waals surface area contributed by atoms with Crippen molar-refractivity contribution in [3.05, 3.63) is 40.8 Å². The average Bonchev–Trinajstić information content (AvgIpc) is 2.57. The van der Waals surface area contributed by atoms with E-state index >= 15 is 0 Å². The van der Waals surface area contributed by atoms with E-state index in [2.05, 4.69) is 48.5 Å². The molecule has 0 unspecified atom stereocenters. The third-order valence-electron chi connectivity index (χ3n) is 3.29. The van der Waals surface area contributed by atoms with Crippen LogP contribution < -0.4 is 5.73 Å². The molecule has 2 N–H and O–H groups in total. The van der Waals surface area contributed by atoms with Gasteiger partial charge in [-0.05, 0) is 26.3 Å². The van der Waals surface area contributed by atoms with Gasteiger partial charge in [0.2, 0.25) is 0 Å². The SMILES string of the molecule is Cc1ccc(-c2nc(CN)n(C)c2C)c(C)c1. The first-order valence-corrected chi connectivity index (χ1v) is 5.84. The van der Waals surface area contributed by atoms with Crippen molar-refractivity contribution in [2.75, 3.05) is 0 Å². The Kier molecular flexibility index (Phi) is 3.03. The topological polar surface area (TPSA) is 43.8 Å². The monoisotopic (exact) mass is 229 g/mol. The molecule has 3 nitrogen and oxygen atoms in total. The van der Waals surface area contributed by atoms with Crippen LogP contribution in [0.5, 0.6) is 0 Å². The summed E-state index contributed by atoms with van der Waals surface area (Å²) in [5.74, 6) is 0.928. The second-order valence-corrected chi connectivity index (χ2v) is 4.54. The Morgan fingerprint density at radius 2 is 1.94 bits per heavy atom. The van der Waals surface area contributed by atoms with Gasteiger partial charge in [0.1, 0.15) is 5.82 Å². The van der Waals surface area contributed by atoms with E-state index in [0.29, 0.717) is 6.54 Å². The Bertz CT molecular complexity index is 553. The molecule has 2 aromatic rings. The summed E-state index contributed by atoms with van der Waals surface area (Å²) in [6, 6.07) is 6.45. The standard InChI is InChI=1S/C14H19N3/c1-9-5-6-12(10(2)7-9)14-11(3)17(4)13(8-15)16-14/h5-7H,8,15H2,1-4H3. The molecule has 0 fully saturated rings. The summed E-state index contributed by atoms with van der Waals surface area (Å²) in [4.78, 5) is 4.63. The van der Waals surface area contributed by atoms with Crippen molar-refractivity contribution in [1.82, 2.24) is 9.55 Å². The number of nitrogens with zero attached hydrogens (tertiary/aromatic N) is 2. The Morgan fingerprint density at radius 1 is 1.24 bits per heavy atom. The van der Waals surface area contributed by atoms with E-state index in [-0.39, 0.29) is 0 Å². The van der Waals surface area contributed by atoms with Crippen LogP contribution in [0, 0.1) is 20.8 Å². The third-order valence-corrected chi connectivity index (χ3v) is 3.29. The predicted molar refractivity (Wildman–Crippen MR) is 70.7 cm³/mol. The van der Waals surface area contributed by atoms with Gasteiger partial charge in [0.15, 0.2) is 0 Å². The lowest BCUT2D eigenvalue weighted by atomic mass is 10.0. The third kappa shape index (κ3) is 1.98. The summed E-state index contributed by atoms with van der Waals surface area (Å²) in [5.41, 5.74) is 11.6. The summed E-state index contributed by atoms with van der Waals surface area (Å²) in [6.07, 6.45) is 0. The molecule has 0 saturated carbocycles. The van der Waals surface area contributed by atoms with Crippen LogP contribution >= 0.6 is 0 Å². The highest BCUT2D eigenvalue weighted by atomic mass is 15.1. The van der Waals surface area contributed by atoms with Gasteiger partial charge in [0.25, 0.3) is 0 Å². The van der Waals surface area contributed by atoms with Gasteiger partial charge in [-0.15, -0.1) is 0 Å². The Hall–Kier alpha value is -1.61. The van der Waals surface area contributed by atoms with E-state index < -0.39 is 0 Å². The van der Waals surface area contributed by atoms with E-state index in [4.69, 9.17) is 5.73 Å². The first-order chi connectivity index (χ1) is 8.04. The van der Waals surface area contributed by atoms with Gasteiger partial charge in [0.05, 0.1) is 12.2 Å². The van der Waals surface area contributed by atoms with Gasteiger partial charge < -0.3 is 10.3 Å². The summed E-state index contributed by atoms with van der Waals surface area (Å²) in [6.45, 7) is 6.79. The van der Waals surface area contributed by atoms with Gasteiger partial charge in [-0.2, -0.15) is 0 Å². The lowest BCUT2D eigenvalue weighted by Crippen LogP contribution is -2.05. The first-order valence-electron chi connectivity index (χ1n) is 5.84. The largest absolute Gasteiger partial charge is 0.334 e. The van der Waals surface area contributed by atoms with Gasteiger partial charge in [-0.3, -0.25) is 0 Å². The molecule has 0 saturated heterocycles. The van der Waals surface area contributed by atoms with Crippen molar-refractivity contribution < 1.29 is 0 Å². The fourth-order valence-electron chi connectivity index (χ4n) is 2.15. The van der Waals surface area contributed by atoms with Crippen molar-refractivity contribution in [2.24, 2.45) is 12.8 Å². The van der Waals surface area contributed by atoms with Crippen molar-refractivity contribution >= 4 is 0 Å². The van der Waals surface area contributed by atoms with E-state index in [0.717, 1.165) is 17.2 Å². The molecule has 0 amide bonds. The van der Waals surface area contributed by atoms with Crippen LogP contribution in [0.4, 0.5) is 0 Å². The molecule has 0 bridgehead atoms. The molecule has 1 aromatic heterocycles. The average molecular weight is 229 g/mol. The van der Waals surface area contributed by atoms with Crippen molar-refractivity contribution in [2.45, 2.75) is 27.3 Å². The van der Waals surface area contributed by atoms with Crippen molar-refractivity contribution in [3.63, 3.8) is 0 Å². The van der Waals surface area contributed by atoms with E-state index in [9.17, 15) is 0 Å². The van der Waals surface area contributed by atoms with Crippen LogP contribution in [0.15, 0.2) is 18.2 Å². The number of hydrogen-bond donors (Lipinski definition) is 1. The van der Waals surface area contributed by atoms with E-state index in [1.54, 1.807) is 0 Å². The number of aryl methyl sites for hydroxylation is 2. The molecule has 90 valence electrons. The van der Waals surface area contributed by atoms with Crippen LogP contribution in [0.25, 0.3) is 11.3 Å². The van der Waals surface area contributed by atoms with E-state index in [1.807, 2.05) is 7.05 Å². The van der Waals surface area contributed by atoms with Crippen molar-refractivity contribution in [1.29, 1.82) is 0 Å². The zero-order valence-electron chi connectivity index (χ0n) is 10.9. The minimum absolute atomic E-state index is 0.474. The van der Waals surface area contributed by atoms with Crippen LogP contribution in [0.3, 0.4) is 0 Å². The number of aromatic nitrogens is 2. The maximum atomic E-state index is 5.69. The number of nitrogens with two attached hydrogens (primary N) is 1. The molecular formula is C14H19N3. The highest BCUT2D eigenvalue weighted by Crippen LogP contribution is 2.26. The molecule has 0 aliphatic carbocycles. The molecule has 17 heavy (non-hydrogen) atoms. The number of hydrogen-bond acceptors (Lipinski definition) is 2. The number of imidazole rings is 1. The number of benzene rings is 1. The lowest BCUT2D eigenvalue weighted by Gasteiger charge is -2.05. The van der Waals surface area contributed by atoms with Crippen LogP contribution in [-0.2, 0) is 13.6 Å². The Balaban J connectivity index is 2.60. The summed E-state index contributed by atoms with van der Waals surface area (Å²) in [5, 5.41) is 0. The van der Waals surface area contributed by atoms with Gasteiger partial charge >= 0.3 is 0 Å². The molecule has 1 aromatic carbocycles. The second kappa shape index (κ2) is 4.34. The first kappa shape index (κ1) is 11.9. The Labute approximate surface area is 102 Å². The maximum absolute atomic E-state index is 5.69. The van der Waals surface area contributed by atoms with Crippen LogP contribution in [-0.4, -0.2) is 9.55 Å². The lowest BCUT2D eigenvalue weighted by molar-refractivity contribution is 0.774. The quantitative estimate of drug-likeness (QED) is 0.859. The van der Waals surface area contributed by atoms with Crippen LogP contribution in [0.1, 0.15) is 22.6 Å². The molecule has 0 aliphatic rings. The molecule has 0 radical (unpaired) electrons. The molecule has 0 atom stereocenters. The van der Waals surface area contributed by atoms with Gasteiger partial charge in [-0.25, -0.2) is 4.98 Å². The van der Waals surface area contributed by atoms with Crippen LogP contribution in [0.2, 0.25) is 0 Å². The molecule has 3 heteroatoms. The molecule has 0 aliphatic heterocycles. The highest BCUT2D eigenvalue weighted by molar-refractivity contribution is 5.66. The molecular weight excluding hydrogens is 210 g/mol.